The van der Waals surface area contributed by atoms with Crippen molar-refractivity contribution in [3.05, 3.63) is 47.9 Å². The average molecular weight is 384 g/mol. The molecule has 1 aromatic heterocycles. The Morgan fingerprint density at radius 1 is 1.21 bits per heavy atom. The van der Waals surface area contributed by atoms with Gasteiger partial charge in [-0.25, -0.2) is 4.79 Å². The molecule has 2 unspecified atom stereocenters. The van der Waals surface area contributed by atoms with E-state index in [-0.39, 0.29) is 12.1 Å². The Balaban J connectivity index is 1.41. The van der Waals surface area contributed by atoms with Crippen LogP contribution in [0.3, 0.4) is 0 Å². The van der Waals surface area contributed by atoms with E-state index in [2.05, 4.69) is 18.3 Å². The van der Waals surface area contributed by atoms with E-state index in [4.69, 9.17) is 13.9 Å². The van der Waals surface area contributed by atoms with Gasteiger partial charge in [0.15, 0.2) is 0 Å². The summed E-state index contributed by atoms with van der Waals surface area (Å²) in [7, 11) is 1.63. The Morgan fingerprint density at radius 2 is 2.00 bits per heavy atom. The second kappa shape index (κ2) is 8.27. The van der Waals surface area contributed by atoms with Gasteiger partial charge in [0, 0.05) is 19.1 Å². The minimum atomic E-state index is -0.122. The zero-order valence-corrected chi connectivity index (χ0v) is 16.5. The lowest BCUT2D eigenvalue weighted by Crippen LogP contribution is -2.36. The van der Waals surface area contributed by atoms with Crippen LogP contribution in [0, 0.1) is 5.92 Å². The molecule has 0 saturated heterocycles. The van der Waals surface area contributed by atoms with Crippen LogP contribution in [0.15, 0.2) is 40.8 Å². The zero-order chi connectivity index (χ0) is 19.5. The van der Waals surface area contributed by atoms with E-state index in [0.717, 1.165) is 24.4 Å². The van der Waals surface area contributed by atoms with Crippen molar-refractivity contribution in [2.45, 2.75) is 44.7 Å². The molecule has 1 heterocycles. The van der Waals surface area contributed by atoms with Gasteiger partial charge in [0.25, 0.3) is 0 Å². The van der Waals surface area contributed by atoms with Crippen LogP contribution in [0.4, 0.5) is 10.5 Å². The van der Waals surface area contributed by atoms with Gasteiger partial charge in [0.2, 0.25) is 0 Å². The summed E-state index contributed by atoms with van der Waals surface area (Å²) >= 11 is 0. The number of benzene rings is 1. The summed E-state index contributed by atoms with van der Waals surface area (Å²) in [4.78, 5) is 14.8. The van der Waals surface area contributed by atoms with Crippen LogP contribution >= 0.6 is 0 Å². The number of carbonyl (C=O) groups excluding carboxylic acids is 1. The van der Waals surface area contributed by atoms with Gasteiger partial charge in [0.05, 0.1) is 18.8 Å². The largest absolute Gasteiger partial charge is 0.489 e. The maximum Gasteiger partial charge on any atom is 0.322 e. The van der Waals surface area contributed by atoms with Crippen LogP contribution in [-0.4, -0.2) is 37.3 Å². The summed E-state index contributed by atoms with van der Waals surface area (Å²) in [6.45, 7) is 3.66. The molecule has 6 heteroatoms. The minimum Gasteiger partial charge on any atom is -0.489 e. The number of ether oxygens (including phenoxy) is 2. The van der Waals surface area contributed by atoms with Gasteiger partial charge in [-0.05, 0) is 49.4 Å². The van der Waals surface area contributed by atoms with Crippen molar-refractivity contribution in [1.82, 2.24) is 4.90 Å². The third-order valence-corrected chi connectivity index (χ3v) is 5.41. The maximum atomic E-state index is 13.0. The highest BCUT2D eigenvalue weighted by atomic mass is 16.5. The molecule has 0 aliphatic heterocycles. The number of rotatable bonds is 9. The lowest BCUT2D eigenvalue weighted by Gasteiger charge is -2.22. The third kappa shape index (κ3) is 4.50. The fourth-order valence-corrected chi connectivity index (χ4v) is 3.44. The molecule has 2 atom stereocenters. The van der Waals surface area contributed by atoms with E-state index < -0.39 is 0 Å². The third-order valence-electron chi connectivity index (χ3n) is 5.41. The second-order valence-electron chi connectivity index (χ2n) is 7.75. The van der Waals surface area contributed by atoms with Gasteiger partial charge in [-0.2, -0.15) is 0 Å². The normalized spacial score (nSPS) is 20.6. The number of urea groups is 1. The predicted molar refractivity (Wildman–Crippen MR) is 107 cm³/mol. The first-order valence-electron chi connectivity index (χ1n) is 10.0. The van der Waals surface area contributed by atoms with E-state index in [0.29, 0.717) is 43.0 Å². The van der Waals surface area contributed by atoms with E-state index in [1.807, 2.05) is 35.2 Å². The Kier molecular flexibility index (Phi) is 5.57. The quantitative estimate of drug-likeness (QED) is 0.641. The van der Waals surface area contributed by atoms with Crippen LogP contribution < -0.4 is 10.1 Å². The van der Waals surface area contributed by atoms with E-state index in [1.54, 1.807) is 7.11 Å². The molecule has 1 aromatic carbocycles. The molecule has 0 spiro atoms. The second-order valence-corrected chi connectivity index (χ2v) is 7.75. The monoisotopic (exact) mass is 384 g/mol. The van der Waals surface area contributed by atoms with Gasteiger partial charge >= 0.3 is 6.03 Å². The van der Waals surface area contributed by atoms with E-state index >= 15 is 0 Å². The van der Waals surface area contributed by atoms with Crippen molar-refractivity contribution < 1.29 is 18.7 Å². The van der Waals surface area contributed by atoms with Crippen molar-refractivity contribution in [1.29, 1.82) is 0 Å². The fourth-order valence-electron chi connectivity index (χ4n) is 3.44. The first kappa shape index (κ1) is 18.9. The zero-order valence-electron chi connectivity index (χ0n) is 16.5. The average Bonchev–Trinajstić information content (AvgIpc) is 3.61. The van der Waals surface area contributed by atoms with Gasteiger partial charge in [-0.15, -0.1) is 0 Å². The molecule has 2 saturated carbocycles. The summed E-state index contributed by atoms with van der Waals surface area (Å²) in [5, 5.41) is 3.01. The Morgan fingerprint density at radius 3 is 2.71 bits per heavy atom. The van der Waals surface area contributed by atoms with Crippen molar-refractivity contribution in [3.8, 4) is 5.75 Å². The molecule has 1 N–H and O–H groups in total. The van der Waals surface area contributed by atoms with Gasteiger partial charge in [-0.1, -0.05) is 19.1 Å². The number of hydrogen-bond acceptors (Lipinski definition) is 4. The molecule has 2 aliphatic carbocycles. The first-order chi connectivity index (χ1) is 13.7. The lowest BCUT2D eigenvalue weighted by atomic mass is 10.3. The molecular formula is C22H28N2O4. The number of carbonyl (C=O) groups is 1. The van der Waals surface area contributed by atoms with E-state index in [9.17, 15) is 4.79 Å². The molecule has 4 rings (SSSR count). The van der Waals surface area contributed by atoms with Gasteiger partial charge in [-0.3, -0.25) is 0 Å². The van der Waals surface area contributed by atoms with Crippen molar-refractivity contribution >= 4 is 11.7 Å². The molecule has 150 valence electrons. The molecule has 0 radical (unpaired) electrons. The van der Waals surface area contributed by atoms with Crippen molar-refractivity contribution in [3.63, 3.8) is 0 Å². The summed E-state index contributed by atoms with van der Waals surface area (Å²) < 4.78 is 16.8. The Bertz CT molecular complexity index is 814. The molecule has 0 bridgehead atoms. The number of furan rings is 1. The highest BCUT2D eigenvalue weighted by Crippen LogP contribution is 2.47. The minimum absolute atomic E-state index is 0.122. The SMILES string of the molecule is COCCOc1ccccc1NC(=O)N(Cc1ccc(C2CC2C)o1)C1CC1. The molecule has 2 fully saturated rings. The fraction of sp³-hybridized carbons (Fsp3) is 0.500. The number of hydrogen-bond donors (Lipinski definition) is 1. The number of anilines is 1. The van der Waals surface area contributed by atoms with Crippen LogP contribution in [0.25, 0.3) is 0 Å². The number of amides is 2. The van der Waals surface area contributed by atoms with Crippen molar-refractivity contribution in [2.24, 2.45) is 5.92 Å². The molecule has 2 aliphatic rings. The van der Waals surface area contributed by atoms with Crippen LogP contribution in [0.2, 0.25) is 0 Å². The smallest absolute Gasteiger partial charge is 0.322 e. The Labute approximate surface area is 165 Å². The number of nitrogens with one attached hydrogen (secondary N) is 1. The van der Waals surface area contributed by atoms with Gasteiger partial charge in [0.1, 0.15) is 23.9 Å². The highest BCUT2D eigenvalue weighted by molar-refractivity contribution is 5.91. The standard InChI is InChI=1S/C22H28N2O4/c1-15-13-18(15)20-10-9-17(28-20)14-24(16-7-8-16)22(25)23-19-5-3-4-6-21(19)27-12-11-26-2/h3-6,9-10,15-16,18H,7-8,11-14H2,1-2H3,(H,23,25). The molecular weight excluding hydrogens is 356 g/mol. The maximum absolute atomic E-state index is 13.0. The summed E-state index contributed by atoms with van der Waals surface area (Å²) in [6.07, 6.45) is 3.26. The number of nitrogens with zero attached hydrogens (tertiary/aromatic N) is 1. The number of methoxy groups -OCH3 is 1. The first-order valence-corrected chi connectivity index (χ1v) is 10.0. The molecule has 28 heavy (non-hydrogen) atoms. The summed E-state index contributed by atoms with van der Waals surface area (Å²) in [5.41, 5.74) is 0.668. The number of para-hydroxylation sites is 2. The van der Waals surface area contributed by atoms with Crippen LogP contribution in [0.1, 0.15) is 43.6 Å². The van der Waals surface area contributed by atoms with Gasteiger partial charge < -0.3 is 24.1 Å². The summed E-state index contributed by atoms with van der Waals surface area (Å²) in [6, 6.07) is 11.7. The highest BCUT2D eigenvalue weighted by Gasteiger charge is 2.37. The topological polar surface area (TPSA) is 63.9 Å². The molecule has 2 aromatic rings. The van der Waals surface area contributed by atoms with Crippen LogP contribution in [0.5, 0.6) is 5.75 Å². The van der Waals surface area contributed by atoms with E-state index in [1.165, 1.54) is 6.42 Å². The predicted octanol–water partition coefficient (Wildman–Crippen LogP) is 4.62. The van der Waals surface area contributed by atoms with Crippen LogP contribution in [-0.2, 0) is 11.3 Å². The summed E-state index contributed by atoms with van der Waals surface area (Å²) in [5.74, 6) is 3.80. The lowest BCUT2D eigenvalue weighted by molar-refractivity contribution is 0.146. The molecule has 6 nitrogen and oxygen atoms in total. The Hall–Kier alpha value is -2.47. The molecule has 2 amide bonds. The van der Waals surface area contributed by atoms with Crippen molar-refractivity contribution in [2.75, 3.05) is 25.6 Å².